The second kappa shape index (κ2) is 10.8. The van der Waals surface area contributed by atoms with E-state index in [2.05, 4.69) is 31.1 Å². The van der Waals surface area contributed by atoms with Crippen LogP contribution in [0, 0.1) is 12.8 Å². The highest BCUT2D eigenvalue weighted by Crippen LogP contribution is 2.28. The van der Waals surface area contributed by atoms with Gasteiger partial charge >= 0.3 is 0 Å². The monoisotopic (exact) mass is 489 g/mol. The number of aryl methyl sites for hydroxylation is 1. The molecule has 0 unspecified atom stereocenters. The normalized spacial score (nSPS) is 17.9. The lowest BCUT2D eigenvalue weighted by atomic mass is 9.96. The van der Waals surface area contributed by atoms with Crippen LogP contribution >= 0.6 is 24.0 Å². The Morgan fingerprint density at radius 1 is 1.11 bits per heavy atom. The maximum absolute atomic E-state index is 11.7. The molecule has 0 radical (unpaired) electrons. The summed E-state index contributed by atoms with van der Waals surface area (Å²) < 4.78 is 1.96. The third kappa shape index (κ3) is 6.93. The molecule has 2 aliphatic rings. The smallest absolute Gasteiger partial charge is 0.223 e. The minimum atomic E-state index is 0. The van der Waals surface area contributed by atoms with Crippen molar-refractivity contribution in [2.75, 3.05) is 13.1 Å². The number of nitrogens with one attached hydrogen (secondary N) is 3. The topological polar surface area (TPSA) is 96.2 Å². The number of hydrogen-bond donors (Lipinski definition) is 3. The van der Waals surface area contributed by atoms with Crippen LogP contribution in [0.15, 0.2) is 4.99 Å². The Balaban J connectivity index is 0.00000261. The Hall–Kier alpha value is -1.39. The molecule has 1 aromatic heterocycles. The summed E-state index contributed by atoms with van der Waals surface area (Å²) in [6, 6.07) is 0.470. The molecule has 3 rings (SSSR count). The van der Waals surface area contributed by atoms with Crippen molar-refractivity contribution in [1.29, 1.82) is 0 Å². The highest BCUT2D eigenvalue weighted by molar-refractivity contribution is 14.0. The molecule has 9 heteroatoms. The largest absolute Gasteiger partial charge is 0.355 e. The molecular weight excluding hydrogens is 457 g/mol. The predicted octanol–water partition coefficient (Wildman–Crippen LogP) is 1.64. The van der Waals surface area contributed by atoms with Crippen LogP contribution in [-0.2, 0) is 18.4 Å². The number of guanidine groups is 1. The van der Waals surface area contributed by atoms with Crippen molar-refractivity contribution in [2.45, 2.75) is 64.5 Å². The quantitative estimate of drug-likeness (QED) is 0.234. The van der Waals surface area contributed by atoms with E-state index in [1.807, 2.05) is 18.5 Å². The highest BCUT2D eigenvalue weighted by atomic mass is 127. The van der Waals surface area contributed by atoms with E-state index in [9.17, 15) is 4.79 Å². The van der Waals surface area contributed by atoms with Gasteiger partial charge in [0, 0.05) is 32.1 Å². The van der Waals surface area contributed by atoms with E-state index >= 15 is 0 Å². The number of hydrogen-bond acceptors (Lipinski definition) is 4. The van der Waals surface area contributed by atoms with Gasteiger partial charge in [0.05, 0.1) is 0 Å². The van der Waals surface area contributed by atoms with Crippen molar-refractivity contribution in [2.24, 2.45) is 18.0 Å². The summed E-state index contributed by atoms with van der Waals surface area (Å²) in [7, 11) is 1.95. The molecule has 2 fully saturated rings. The maximum Gasteiger partial charge on any atom is 0.223 e. The van der Waals surface area contributed by atoms with E-state index in [0.29, 0.717) is 25.7 Å². The number of amides is 1. The zero-order valence-corrected chi connectivity index (χ0v) is 18.7. The van der Waals surface area contributed by atoms with Crippen molar-refractivity contribution < 1.29 is 4.79 Å². The lowest BCUT2D eigenvalue weighted by molar-refractivity contribution is -0.122. The van der Waals surface area contributed by atoms with Crippen LogP contribution in [0.3, 0.4) is 0 Å². The van der Waals surface area contributed by atoms with E-state index in [-0.39, 0.29) is 35.8 Å². The molecule has 152 valence electrons. The molecule has 1 aromatic rings. The molecular formula is C18H32IN7O. The van der Waals surface area contributed by atoms with Crippen molar-refractivity contribution in [3.8, 4) is 0 Å². The standard InChI is InChI=1S/C18H31N7O.HI/c1-13-23-24-16(25(13)2)12-21-18(22-15-6-4-3-5-7-15)20-11-10-19-17(26)14-8-9-14;/h14-15H,3-12H2,1-2H3,(H,19,26)(H2,20,21,22);1H. The first-order valence-corrected chi connectivity index (χ1v) is 9.81. The number of carbonyl (C=O) groups excluding carboxylic acids is 1. The molecule has 0 saturated heterocycles. The van der Waals surface area contributed by atoms with Crippen LogP contribution < -0.4 is 16.0 Å². The van der Waals surface area contributed by atoms with Crippen LogP contribution in [0.2, 0.25) is 0 Å². The average molecular weight is 489 g/mol. The molecule has 1 heterocycles. The van der Waals surface area contributed by atoms with Gasteiger partial charge in [0.25, 0.3) is 0 Å². The van der Waals surface area contributed by atoms with Gasteiger partial charge in [0.2, 0.25) is 5.91 Å². The summed E-state index contributed by atoms with van der Waals surface area (Å²) in [5, 5.41) is 18.1. The first-order valence-electron chi connectivity index (χ1n) is 9.81. The van der Waals surface area contributed by atoms with Gasteiger partial charge in [-0.2, -0.15) is 0 Å². The fourth-order valence-corrected chi connectivity index (χ4v) is 3.19. The lowest BCUT2D eigenvalue weighted by Crippen LogP contribution is -2.46. The van der Waals surface area contributed by atoms with E-state index in [0.717, 1.165) is 30.5 Å². The molecule has 3 N–H and O–H groups in total. The molecule has 27 heavy (non-hydrogen) atoms. The van der Waals surface area contributed by atoms with E-state index in [1.165, 1.54) is 32.1 Å². The van der Waals surface area contributed by atoms with Crippen molar-refractivity contribution in [1.82, 2.24) is 30.7 Å². The number of carbonyl (C=O) groups is 1. The Bertz CT molecular complexity index is 636. The second-order valence-electron chi connectivity index (χ2n) is 7.36. The second-order valence-corrected chi connectivity index (χ2v) is 7.36. The Morgan fingerprint density at radius 3 is 2.44 bits per heavy atom. The van der Waals surface area contributed by atoms with Crippen molar-refractivity contribution in [3.63, 3.8) is 0 Å². The summed E-state index contributed by atoms with van der Waals surface area (Å²) in [5.41, 5.74) is 0. The molecule has 0 atom stereocenters. The Kier molecular flexibility index (Phi) is 8.78. The first-order chi connectivity index (χ1) is 12.6. The lowest BCUT2D eigenvalue weighted by Gasteiger charge is -2.25. The molecule has 0 spiro atoms. The van der Waals surface area contributed by atoms with E-state index < -0.39 is 0 Å². The van der Waals surface area contributed by atoms with Gasteiger partial charge < -0.3 is 20.5 Å². The number of aliphatic imine (C=N–C) groups is 1. The summed E-state index contributed by atoms with van der Waals surface area (Å²) >= 11 is 0. The van der Waals surface area contributed by atoms with Crippen LogP contribution in [0.25, 0.3) is 0 Å². The van der Waals surface area contributed by atoms with Gasteiger partial charge in [-0.25, -0.2) is 4.99 Å². The Morgan fingerprint density at radius 2 is 1.81 bits per heavy atom. The van der Waals surface area contributed by atoms with E-state index in [4.69, 9.17) is 0 Å². The average Bonchev–Trinajstić information content (AvgIpc) is 3.45. The summed E-state index contributed by atoms with van der Waals surface area (Å²) in [5.74, 6) is 2.95. The molecule has 8 nitrogen and oxygen atoms in total. The van der Waals surface area contributed by atoms with Crippen LogP contribution in [-0.4, -0.2) is 45.8 Å². The predicted molar refractivity (Wildman–Crippen MR) is 116 cm³/mol. The van der Waals surface area contributed by atoms with Gasteiger partial charge in [-0.3, -0.25) is 4.79 Å². The SMILES string of the molecule is Cc1nnc(CN=C(NCCNC(=O)C2CC2)NC2CCCCC2)n1C.I. The molecule has 2 aliphatic carbocycles. The molecule has 0 aliphatic heterocycles. The third-order valence-electron chi connectivity index (χ3n) is 5.17. The summed E-state index contributed by atoms with van der Waals surface area (Å²) in [6.45, 7) is 3.69. The van der Waals surface area contributed by atoms with E-state index in [1.54, 1.807) is 0 Å². The fraction of sp³-hybridized carbons (Fsp3) is 0.778. The maximum atomic E-state index is 11.7. The van der Waals surface area contributed by atoms with Crippen molar-refractivity contribution in [3.05, 3.63) is 11.6 Å². The number of rotatable bonds is 7. The van der Waals surface area contributed by atoms with Crippen LogP contribution in [0.5, 0.6) is 0 Å². The van der Waals surface area contributed by atoms with Crippen LogP contribution in [0.4, 0.5) is 0 Å². The summed E-state index contributed by atoms with van der Waals surface area (Å²) in [4.78, 5) is 16.4. The third-order valence-corrected chi connectivity index (χ3v) is 5.17. The van der Waals surface area contributed by atoms with Gasteiger partial charge in [-0.05, 0) is 32.6 Å². The highest BCUT2D eigenvalue weighted by Gasteiger charge is 2.29. The molecule has 0 aromatic carbocycles. The van der Waals surface area contributed by atoms with Gasteiger partial charge in [-0.1, -0.05) is 19.3 Å². The molecule has 0 bridgehead atoms. The zero-order valence-electron chi connectivity index (χ0n) is 16.3. The summed E-state index contributed by atoms with van der Waals surface area (Å²) in [6.07, 6.45) is 8.29. The van der Waals surface area contributed by atoms with Gasteiger partial charge in [-0.15, -0.1) is 34.2 Å². The number of nitrogens with zero attached hydrogens (tertiary/aromatic N) is 4. The van der Waals surface area contributed by atoms with Crippen molar-refractivity contribution >= 4 is 35.8 Å². The number of halogens is 1. The first kappa shape index (κ1) is 21.9. The fourth-order valence-electron chi connectivity index (χ4n) is 3.19. The van der Waals surface area contributed by atoms with Crippen LogP contribution in [0.1, 0.15) is 56.6 Å². The van der Waals surface area contributed by atoms with Gasteiger partial charge in [0.1, 0.15) is 12.4 Å². The zero-order chi connectivity index (χ0) is 18.4. The molecule has 2 saturated carbocycles. The minimum Gasteiger partial charge on any atom is -0.355 e. The number of aromatic nitrogens is 3. The molecule has 1 amide bonds. The minimum absolute atomic E-state index is 0. The van der Waals surface area contributed by atoms with Gasteiger partial charge in [0.15, 0.2) is 11.8 Å². The Labute approximate surface area is 178 Å².